The van der Waals surface area contributed by atoms with Crippen molar-refractivity contribution in [2.24, 2.45) is 0 Å². The average Bonchev–Trinajstić information content (AvgIpc) is 3.25. The van der Waals surface area contributed by atoms with Gasteiger partial charge in [-0.05, 0) is 128 Å². The zero-order valence-corrected chi connectivity index (χ0v) is 36.3. The Morgan fingerprint density at radius 1 is 0.650 bits per heavy atom. The summed E-state index contributed by atoms with van der Waals surface area (Å²) in [6, 6.07) is 35.8. The van der Waals surface area contributed by atoms with Crippen LogP contribution in [0.3, 0.4) is 0 Å². The number of nitriles is 1. The molecule has 0 radical (unpaired) electrons. The molecule has 0 aromatic heterocycles. The molecule has 11 nitrogen and oxygen atoms in total. The molecule has 2 amide bonds. The number of nitrogens with zero attached hydrogens (tertiary/aromatic N) is 3. The topological polar surface area (TPSA) is 157 Å². The fraction of sp³-hybridized carbons (Fsp3) is 0.267. The number of amides is 2. The zero-order chi connectivity index (χ0) is 43.0. The predicted molar refractivity (Wildman–Crippen MR) is 237 cm³/mol. The maximum atomic E-state index is 13.1. The lowest BCUT2D eigenvalue weighted by Gasteiger charge is -2.32. The number of hydrogen-bond acceptors (Lipinski definition) is 7. The Balaban J connectivity index is 0.000000203. The molecule has 15 heteroatoms. The molecule has 2 N–H and O–H groups in total. The molecule has 0 atom stereocenters. The van der Waals surface area contributed by atoms with Gasteiger partial charge in [-0.3, -0.25) is 19.0 Å². The highest BCUT2D eigenvalue weighted by Gasteiger charge is 2.27. The van der Waals surface area contributed by atoms with E-state index in [1.165, 1.54) is 47.5 Å². The zero-order valence-electron chi connectivity index (χ0n) is 33.1. The van der Waals surface area contributed by atoms with Gasteiger partial charge in [0.2, 0.25) is 10.0 Å². The number of halogens is 2. The minimum atomic E-state index is -3.79. The van der Waals surface area contributed by atoms with Gasteiger partial charge in [0.05, 0.1) is 39.2 Å². The molecule has 2 aliphatic heterocycles. The molecule has 0 saturated carbocycles. The second-order valence-corrected chi connectivity index (χ2v) is 19.2. The Morgan fingerprint density at radius 2 is 1.15 bits per heavy atom. The number of nitrogens with one attached hydrogen (secondary N) is 2. The summed E-state index contributed by atoms with van der Waals surface area (Å²) in [4.78, 5) is 29.7. The molecule has 0 spiro atoms. The lowest BCUT2D eigenvalue weighted by atomic mass is 9.89. The van der Waals surface area contributed by atoms with Crippen molar-refractivity contribution in [2.75, 3.05) is 41.9 Å². The molecular weight excluding hydrogens is 842 g/mol. The first-order valence-electron chi connectivity index (χ1n) is 19.4. The van der Waals surface area contributed by atoms with E-state index >= 15 is 0 Å². The van der Waals surface area contributed by atoms with Crippen molar-refractivity contribution in [1.82, 2.24) is 9.80 Å². The van der Waals surface area contributed by atoms with Gasteiger partial charge in [-0.25, -0.2) is 16.8 Å². The van der Waals surface area contributed by atoms with E-state index in [9.17, 15) is 26.4 Å². The molecule has 5 aromatic rings. The van der Waals surface area contributed by atoms with Gasteiger partial charge in [0.15, 0.2) is 0 Å². The van der Waals surface area contributed by atoms with E-state index < -0.39 is 20.0 Å². The Labute approximate surface area is 362 Å². The number of benzene rings is 5. The van der Waals surface area contributed by atoms with Crippen LogP contribution in [-0.2, 0) is 20.0 Å². The van der Waals surface area contributed by atoms with Crippen LogP contribution < -0.4 is 9.44 Å². The normalized spacial score (nSPS) is 15.0. The van der Waals surface area contributed by atoms with Gasteiger partial charge in [0, 0.05) is 42.3 Å². The van der Waals surface area contributed by atoms with Crippen molar-refractivity contribution >= 4 is 66.4 Å². The summed E-state index contributed by atoms with van der Waals surface area (Å²) in [5, 5.41) is 9.60. The van der Waals surface area contributed by atoms with Crippen LogP contribution in [0.1, 0.15) is 80.5 Å². The smallest absolute Gasteiger partial charge is 0.261 e. The van der Waals surface area contributed by atoms with Gasteiger partial charge in [-0.2, -0.15) is 5.26 Å². The third kappa shape index (κ3) is 11.5. The maximum Gasteiger partial charge on any atom is 0.261 e. The quantitative estimate of drug-likeness (QED) is 0.150. The van der Waals surface area contributed by atoms with Crippen molar-refractivity contribution < 1.29 is 26.4 Å². The van der Waals surface area contributed by atoms with Gasteiger partial charge >= 0.3 is 0 Å². The summed E-state index contributed by atoms with van der Waals surface area (Å²) in [5.74, 6) is 0.583. The third-order valence-electron chi connectivity index (χ3n) is 10.7. The fourth-order valence-corrected chi connectivity index (χ4v) is 9.41. The van der Waals surface area contributed by atoms with E-state index in [4.69, 9.17) is 28.5 Å². The van der Waals surface area contributed by atoms with Crippen LogP contribution in [0.2, 0.25) is 10.0 Å². The Kier molecular flexibility index (Phi) is 14.2. The molecule has 60 heavy (non-hydrogen) atoms. The number of aryl methyl sites for hydroxylation is 1. The molecule has 0 aliphatic carbocycles. The van der Waals surface area contributed by atoms with Crippen LogP contribution in [-0.4, -0.2) is 70.9 Å². The maximum absolute atomic E-state index is 13.1. The Morgan fingerprint density at radius 3 is 1.67 bits per heavy atom. The van der Waals surface area contributed by atoms with Crippen molar-refractivity contribution in [3.05, 3.63) is 159 Å². The number of piperidine rings is 2. The van der Waals surface area contributed by atoms with E-state index in [2.05, 4.69) is 27.6 Å². The van der Waals surface area contributed by atoms with Crippen LogP contribution in [0, 0.1) is 18.3 Å². The average molecular weight is 887 g/mol. The molecule has 5 aromatic carbocycles. The summed E-state index contributed by atoms with van der Waals surface area (Å²) in [6.07, 6.45) is 4.53. The van der Waals surface area contributed by atoms with E-state index in [0.717, 1.165) is 37.5 Å². The van der Waals surface area contributed by atoms with Crippen LogP contribution in [0.25, 0.3) is 0 Å². The van der Waals surface area contributed by atoms with Crippen molar-refractivity contribution in [3.63, 3.8) is 0 Å². The number of carbonyl (C=O) groups excluding carboxylic acids is 2. The molecule has 312 valence electrons. The lowest BCUT2D eigenvalue weighted by molar-refractivity contribution is 0.0705. The molecule has 7 rings (SSSR count). The van der Waals surface area contributed by atoms with E-state index in [-0.39, 0.29) is 27.4 Å². The van der Waals surface area contributed by atoms with Crippen molar-refractivity contribution in [2.45, 2.75) is 49.3 Å². The first-order valence-corrected chi connectivity index (χ1v) is 23.5. The molecule has 0 bridgehead atoms. The molecular formula is C45H45Cl2N5O6S2. The van der Waals surface area contributed by atoms with Gasteiger partial charge < -0.3 is 9.80 Å². The van der Waals surface area contributed by atoms with Crippen LogP contribution in [0.5, 0.6) is 0 Å². The number of anilines is 2. The van der Waals surface area contributed by atoms with Gasteiger partial charge in [0.25, 0.3) is 21.8 Å². The second kappa shape index (κ2) is 19.3. The molecule has 2 saturated heterocycles. The van der Waals surface area contributed by atoms with Crippen molar-refractivity contribution in [1.29, 1.82) is 5.26 Å². The molecule has 2 heterocycles. The molecule has 0 unspecified atom stereocenters. The second-order valence-electron chi connectivity index (χ2n) is 14.9. The first-order chi connectivity index (χ1) is 28.6. The lowest BCUT2D eigenvalue weighted by Crippen LogP contribution is -2.38. The van der Waals surface area contributed by atoms with Crippen molar-refractivity contribution in [3.8, 4) is 6.07 Å². The van der Waals surface area contributed by atoms with E-state index in [0.29, 0.717) is 65.4 Å². The number of hydrogen-bond donors (Lipinski definition) is 2. The van der Waals surface area contributed by atoms with E-state index in [1.54, 1.807) is 36.1 Å². The molecule has 2 aliphatic rings. The largest absolute Gasteiger partial charge is 0.339 e. The first kappa shape index (κ1) is 44.2. The Hall–Kier alpha value is -5.39. The number of likely N-dealkylation sites (tertiary alicyclic amines) is 2. The number of rotatable bonds is 9. The fourth-order valence-electron chi connectivity index (χ4n) is 7.37. The summed E-state index contributed by atoms with van der Waals surface area (Å²) in [6.45, 7) is 4.39. The van der Waals surface area contributed by atoms with Gasteiger partial charge in [0.1, 0.15) is 0 Å². The van der Waals surface area contributed by atoms with Crippen LogP contribution in [0.15, 0.2) is 120 Å². The third-order valence-corrected chi connectivity index (χ3v) is 13.3. The summed E-state index contributed by atoms with van der Waals surface area (Å²) >= 11 is 11.9. The standard InChI is InChI=1S/C25H25ClN2O3S.C20H20ClN3O3S/c1-18-7-8-21(17-24(18)27-32(30,31)23-11-9-22(26)10-12-23)25(29)28-15-13-20(14-16-28)19-5-3-2-4-6-19;1-28(26,27)23-19-12-17(6-7-18(19)21)20(25)24-10-8-16(9-11-24)15-4-2-14(13-22)3-5-15/h2-12,17,20,27H,13-16H2,1H3;2-7,12,16,23H,8-11H2,1H3. The highest BCUT2D eigenvalue weighted by molar-refractivity contribution is 7.92. The van der Waals surface area contributed by atoms with Crippen LogP contribution >= 0.6 is 23.2 Å². The number of sulfonamides is 2. The monoisotopic (exact) mass is 885 g/mol. The van der Waals surface area contributed by atoms with Gasteiger partial charge in [-0.1, -0.05) is 71.7 Å². The minimum absolute atomic E-state index is 0.0801. The summed E-state index contributed by atoms with van der Waals surface area (Å²) < 4.78 is 53.4. The summed E-state index contributed by atoms with van der Waals surface area (Å²) in [7, 11) is -7.28. The minimum Gasteiger partial charge on any atom is -0.339 e. The van der Waals surface area contributed by atoms with E-state index in [1.807, 2.05) is 47.4 Å². The molecule has 2 fully saturated rings. The highest BCUT2D eigenvalue weighted by Crippen LogP contribution is 2.32. The Bertz CT molecular complexity index is 2590. The summed E-state index contributed by atoms with van der Waals surface area (Å²) in [5.41, 5.74) is 5.33. The highest BCUT2D eigenvalue weighted by atomic mass is 35.5. The SMILES string of the molecule is CS(=O)(=O)Nc1cc(C(=O)N2CCC(c3ccc(C#N)cc3)CC2)ccc1Cl.Cc1ccc(C(=O)N2CCC(c3ccccc3)CC2)cc1NS(=O)(=O)c1ccc(Cl)cc1. The van der Waals surface area contributed by atoms with Crippen LogP contribution in [0.4, 0.5) is 11.4 Å². The number of carbonyl (C=O) groups is 2. The van der Waals surface area contributed by atoms with Gasteiger partial charge in [-0.15, -0.1) is 0 Å². The predicted octanol–water partition coefficient (Wildman–Crippen LogP) is 9.07.